The summed E-state index contributed by atoms with van der Waals surface area (Å²) in [6, 6.07) is 7.07. The minimum atomic E-state index is -0.311. The summed E-state index contributed by atoms with van der Waals surface area (Å²) in [6.45, 7) is 6.85. The van der Waals surface area contributed by atoms with E-state index in [1.54, 1.807) is 32.0 Å². The second-order valence-corrected chi connectivity index (χ2v) is 6.74. The number of esters is 1. The highest BCUT2D eigenvalue weighted by Crippen LogP contribution is 2.17. The van der Waals surface area contributed by atoms with E-state index in [1.165, 1.54) is 6.21 Å². The summed E-state index contributed by atoms with van der Waals surface area (Å²) in [5, 5.41) is 3.99. The van der Waals surface area contributed by atoms with Crippen molar-refractivity contribution in [2.45, 2.75) is 13.8 Å². The minimum Gasteiger partial charge on any atom is -1.00 e. The molecule has 0 spiro atoms. The number of amides is 1. The summed E-state index contributed by atoms with van der Waals surface area (Å²) in [5.41, 5.74) is 3.17. The van der Waals surface area contributed by atoms with E-state index in [0.717, 1.165) is 13.1 Å². The summed E-state index contributed by atoms with van der Waals surface area (Å²) in [4.78, 5) is 23.8. The van der Waals surface area contributed by atoms with E-state index < -0.39 is 0 Å². The maximum absolute atomic E-state index is 12.1. The molecular formula is C18H26ClN3O4. The quantitative estimate of drug-likeness (QED) is 0.206. The van der Waals surface area contributed by atoms with Crippen LogP contribution in [0.3, 0.4) is 0 Å². The molecule has 0 aromatic heterocycles. The van der Waals surface area contributed by atoms with Crippen LogP contribution in [0.1, 0.15) is 19.4 Å². The van der Waals surface area contributed by atoms with Crippen molar-refractivity contribution in [3.63, 3.8) is 0 Å². The zero-order valence-electron chi connectivity index (χ0n) is 15.4. The van der Waals surface area contributed by atoms with Crippen molar-refractivity contribution in [2.24, 2.45) is 11.0 Å². The largest absolute Gasteiger partial charge is 1.00 e. The first kappa shape index (κ1) is 22.1. The van der Waals surface area contributed by atoms with E-state index in [4.69, 9.17) is 9.47 Å². The molecule has 0 radical (unpaired) electrons. The number of halogens is 1. The van der Waals surface area contributed by atoms with Crippen LogP contribution in [0.2, 0.25) is 0 Å². The Kier molecular flexibility index (Phi) is 8.71. The van der Waals surface area contributed by atoms with Crippen LogP contribution < -0.4 is 22.6 Å². The highest BCUT2D eigenvalue weighted by Gasteiger charge is 2.28. The van der Waals surface area contributed by atoms with Crippen LogP contribution in [0.25, 0.3) is 0 Å². The molecule has 0 aliphatic carbocycles. The predicted molar refractivity (Wildman–Crippen MR) is 94.3 cm³/mol. The highest BCUT2D eigenvalue weighted by molar-refractivity contribution is 5.87. The van der Waals surface area contributed by atoms with Crippen LogP contribution in [0.15, 0.2) is 29.4 Å². The Morgan fingerprint density at radius 3 is 2.62 bits per heavy atom. The lowest BCUT2D eigenvalue weighted by atomic mass is 10.2. The van der Waals surface area contributed by atoms with Crippen LogP contribution in [0.4, 0.5) is 0 Å². The van der Waals surface area contributed by atoms with Gasteiger partial charge in [-0.05, 0) is 12.1 Å². The van der Waals surface area contributed by atoms with Crippen molar-refractivity contribution >= 4 is 18.1 Å². The predicted octanol–water partition coefficient (Wildman–Crippen LogP) is -1.82. The number of carbonyl (C=O) groups is 2. The van der Waals surface area contributed by atoms with Crippen LogP contribution in [-0.4, -0.2) is 62.5 Å². The molecule has 8 heteroatoms. The molecule has 0 atom stereocenters. The van der Waals surface area contributed by atoms with Gasteiger partial charge in [0.15, 0.2) is 6.54 Å². The molecular weight excluding hydrogens is 358 g/mol. The third kappa shape index (κ3) is 6.74. The first-order chi connectivity index (χ1) is 11.9. The molecule has 1 aliphatic rings. The number of ether oxygens (including phenoxy) is 2. The number of morpholine rings is 1. The molecule has 0 bridgehead atoms. The smallest absolute Gasteiger partial charge is 0.313 e. The lowest BCUT2D eigenvalue weighted by molar-refractivity contribution is -0.909. The molecule has 0 unspecified atom stereocenters. The van der Waals surface area contributed by atoms with Gasteiger partial charge in [0.05, 0.1) is 32.4 Å². The SMILES string of the molecule is CC(C)C(=O)Oc1ccccc1C=NNC(=O)C[N+]1(C)CCOCC1.[Cl-]. The van der Waals surface area contributed by atoms with Crippen LogP contribution in [0, 0.1) is 5.92 Å². The first-order valence-corrected chi connectivity index (χ1v) is 8.43. The molecule has 1 saturated heterocycles. The number of hydrogen-bond donors (Lipinski definition) is 1. The van der Waals surface area contributed by atoms with Gasteiger partial charge in [-0.1, -0.05) is 26.0 Å². The average molecular weight is 384 g/mol. The molecule has 144 valence electrons. The van der Waals surface area contributed by atoms with Gasteiger partial charge in [0.1, 0.15) is 18.8 Å². The number of para-hydroxylation sites is 1. The molecule has 7 nitrogen and oxygen atoms in total. The minimum absolute atomic E-state index is 0. The topological polar surface area (TPSA) is 77.0 Å². The monoisotopic (exact) mass is 383 g/mol. The molecule has 1 N–H and O–H groups in total. The molecule has 1 aromatic rings. The number of hydrazone groups is 1. The zero-order valence-corrected chi connectivity index (χ0v) is 16.2. The van der Waals surface area contributed by atoms with Gasteiger partial charge in [0, 0.05) is 5.56 Å². The van der Waals surface area contributed by atoms with E-state index in [0.29, 0.717) is 35.6 Å². The summed E-state index contributed by atoms with van der Waals surface area (Å²) >= 11 is 0. The summed E-state index contributed by atoms with van der Waals surface area (Å²) in [7, 11) is 2.03. The van der Waals surface area contributed by atoms with E-state index in [1.807, 2.05) is 13.1 Å². The lowest BCUT2D eigenvalue weighted by Gasteiger charge is -2.36. The second kappa shape index (κ2) is 10.3. The van der Waals surface area contributed by atoms with Gasteiger partial charge in [-0.25, -0.2) is 5.43 Å². The number of quaternary nitrogens is 1. The molecule has 1 fully saturated rings. The third-order valence-corrected chi connectivity index (χ3v) is 4.07. The Labute approximate surface area is 160 Å². The standard InChI is InChI=1S/C18H25N3O4.ClH/c1-14(2)18(23)25-16-7-5-4-6-15(16)12-19-20-17(22)13-21(3)8-10-24-11-9-21;/h4-7,12,14H,8-11,13H2,1-3H3;1H. The number of benzene rings is 1. The summed E-state index contributed by atoms with van der Waals surface area (Å²) in [6.07, 6.45) is 1.49. The van der Waals surface area contributed by atoms with Gasteiger partial charge in [-0.2, -0.15) is 5.10 Å². The molecule has 1 amide bonds. The number of hydrogen-bond acceptors (Lipinski definition) is 5. The van der Waals surface area contributed by atoms with Crippen molar-refractivity contribution in [3.05, 3.63) is 29.8 Å². The number of likely N-dealkylation sites (N-methyl/N-ethyl adjacent to an activating group) is 1. The van der Waals surface area contributed by atoms with Gasteiger partial charge >= 0.3 is 5.97 Å². The second-order valence-electron chi connectivity index (χ2n) is 6.74. The Balaban J connectivity index is 0.00000338. The van der Waals surface area contributed by atoms with E-state index in [9.17, 15) is 9.59 Å². The maximum atomic E-state index is 12.1. The Hall–Kier alpha value is -1.96. The molecule has 0 saturated carbocycles. The fraction of sp³-hybridized carbons (Fsp3) is 0.500. The van der Waals surface area contributed by atoms with E-state index in [-0.39, 0.29) is 30.2 Å². The summed E-state index contributed by atoms with van der Waals surface area (Å²) < 4.78 is 11.3. The molecule has 2 rings (SSSR count). The molecule has 1 aromatic carbocycles. The highest BCUT2D eigenvalue weighted by atomic mass is 35.5. The van der Waals surface area contributed by atoms with Gasteiger partial charge in [-0.3, -0.25) is 9.59 Å². The van der Waals surface area contributed by atoms with Gasteiger partial charge in [0.25, 0.3) is 5.91 Å². The lowest BCUT2D eigenvalue weighted by Crippen LogP contribution is -3.00. The molecule has 1 aliphatic heterocycles. The van der Waals surface area contributed by atoms with Crippen molar-refractivity contribution < 1.29 is 36.0 Å². The van der Waals surface area contributed by atoms with E-state index in [2.05, 4.69) is 10.5 Å². The first-order valence-electron chi connectivity index (χ1n) is 8.43. The summed E-state index contributed by atoms with van der Waals surface area (Å²) in [5.74, 6) is -0.263. The van der Waals surface area contributed by atoms with Gasteiger partial charge in [0.2, 0.25) is 0 Å². The van der Waals surface area contributed by atoms with Crippen LogP contribution in [-0.2, 0) is 14.3 Å². The van der Waals surface area contributed by atoms with Crippen molar-refractivity contribution in [1.82, 2.24) is 5.43 Å². The normalized spacial score (nSPS) is 16.2. The van der Waals surface area contributed by atoms with Crippen molar-refractivity contribution in [1.29, 1.82) is 0 Å². The van der Waals surface area contributed by atoms with Crippen LogP contribution >= 0.6 is 0 Å². The fourth-order valence-corrected chi connectivity index (χ4v) is 2.40. The number of nitrogens with zero attached hydrogens (tertiary/aromatic N) is 2. The number of nitrogens with one attached hydrogen (secondary N) is 1. The average Bonchev–Trinajstić information content (AvgIpc) is 2.56. The van der Waals surface area contributed by atoms with E-state index >= 15 is 0 Å². The fourth-order valence-electron chi connectivity index (χ4n) is 2.40. The van der Waals surface area contributed by atoms with Crippen molar-refractivity contribution in [2.75, 3.05) is 39.9 Å². The third-order valence-electron chi connectivity index (χ3n) is 4.07. The van der Waals surface area contributed by atoms with Crippen LogP contribution in [0.5, 0.6) is 5.75 Å². The van der Waals surface area contributed by atoms with Crippen molar-refractivity contribution in [3.8, 4) is 5.75 Å². The Morgan fingerprint density at radius 2 is 1.96 bits per heavy atom. The molecule has 26 heavy (non-hydrogen) atoms. The Morgan fingerprint density at radius 1 is 1.31 bits per heavy atom. The van der Waals surface area contributed by atoms with Gasteiger partial charge < -0.3 is 26.4 Å². The maximum Gasteiger partial charge on any atom is 0.313 e. The number of carbonyl (C=O) groups excluding carboxylic acids is 2. The molecule has 1 heterocycles. The zero-order chi connectivity index (χ0) is 18.3. The van der Waals surface area contributed by atoms with Gasteiger partial charge in [-0.15, -0.1) is 0 Å². The number of rotatable bonds is 6. The Bertz CT molecular complexity index is 643.